The predicted octanol–water partition coefficient (Wildman–Crippen LogP) is 5.12. The second kappa shape index (κ2) is 10.2. The molecule has 5 aromatic rings. The Balaban J connectivity index is 1.28. The van der Waals surface area contributed by atoms with Gasteiger partial charge in [0.2, 0.25) is 11.8 Å². The Morgan fingerprint density at radius 1 is 0.923 bits per heavy atom. The fourth-order valence-electron chi connectivity index (χ4n) is 4.71. The standard InChI is InChI=1S/C29H23N3O5S2/c33-26-19-24(31(17-16-20-7-2-1-3-8-20)39(35,36)27-11-6-18-38-27)29(34)32(26)22-14-12-21(13-15-22)28-30-23-9-4-5-10-25(23)37-28/h1-15,18,24H,16-17,19H2. The number of hydrogen-bond donors (Lipinski definition) is 0. The first-order valence-electron chi connectivity index (χ1n) is 12.3. The number of carbonyl (C=O) groups is 2. The van der Waals surface area contributed by atoms with Gasteiger partial charge in [-0.25, -0.2) is 18.3 Å². The van der Waals surface area contributed by atoms with Crippen LogP contribution in [0.2, 0.25) is 0 Å². The molecule has 196 valence electrons. The molecule has 1 atom stereocenters. The zero-order chi connectivity index (χ0) is 27.0. The van der Waals surface area contributed by atoms with Crippen molar-refractivity contribution in [3.05, 3.63) is 102 Å². The molecule has 3 aromatic carbocycles. The van der Waals surface area contributed by atoms with Crippen molar-refractivity contribution < 1.29 is 22.4 Å². The summed E-state index contributed by atoms with van der Waals surface area (Å²) >= 11 is 1.08. The fourth-order valence-corrected chi connectivity index (χ4v) is 7.42. The Kier molecular flexibility index (Phi) is 6.59. The van der Waals surface area contributed by atoms with E-state index in [9.17, 15) is 18.0 Å². The molecule has 2 aromatic heterocycles. The van der Waals surface area contributed by atoms with Gasteiger partial charge in [0.25, 0.3) is 15.9 Å². The van der Waals surface area contributed by atoms with E-state index >= 15 is 0 Å². The fraction of sp³-hybridized carbons (Fsp3) is 0.138. The van der Waals surface area contributed by atoms with Gasteiger partial charge in [-0.3, -0.25) is 9.59 Å². The lowest BCUT2D eigenvalue weighted by Gasteiger charge is -2.26. The average Bonchev–Trinajstić information content (AvgIpc) is 3.69. The molecule has 0 saturated carbocycles. The molecule has 39 heavy (non-hydrogen) atoms. The number of para-hydroxylation sites is 2. The van der Waals surface area contributed by atoms with Crippen molar-refractivity contribution in [1.29, 1.82) is 0 Å². The summed E-state index contributed by atoms with van der Waals surface area (Å²) in [5, 5.41) is 1.68. The van der Waals surface area contributed by atoms with Crippen LogP contribution >= 0.6 is 11.3 Å². The van der Waals surface area contributed by atoms with E-state index < -0.39 is 27.9 Å². The van der Waals surface area contributed by atoms with E-state index in [1.807, 2.05) is 54.6 Å². The van der Waals surface area contributed by atoms with E-state index in [0.29, 0.717) is 29.1 Å². The molecular formula is C29H23N3O5S2. The summed E-state index contributed by atoms with van der Waals surface area (Å²) in [6.45, 7) is 0.0679. The molecule has 1 aliphatic heterocycles. The maximum atomic E-state index is 13.6. The van der Waals surface area contributed by atoms with Crippen molar-refractivity contribution in [3.8, 4) is 11.5 Å². The highest BCUT2D eigenvalue weighted by molar-refractivity contribution is 7.91. The van der Waals surface area contributed by atoms with Gasteiger partial charge in [-0.2, -0.15) is 4.31 Å². The molecule has 8 nitrogen and oxygen atoms in total. The van der Waals surface area contributed by atoms with Crippen LogP contribution in [0.1, 0.15) is 12.0 Å². The molecule has 0 spiro atoms. The highest BCUT2D eigenvalue weighted by atomic mass is 32.2. The third kappa shape index (κ3) is 4.78. The van der Waals surface area contributed by atoms with E-state index in [1.54, 1.807) is 35.7 Å². The summed E-state index contributed by atoms with van der Waals surface area (Å²) in [4.78, 5) is 32.3. The lowest BCUT2D eigenvalue weighted by atomic mass is 10.1. The number of aromatic nitrogens is 1. The van der Waals surface area contributed by atoms with E-state index in [4.69, 9.17) is 4.42 Å². The minimum Gasteiger partial charge on any atom is -0.436 e. The van der Waals surface area contributed by atoms with Gasteiger partial charge in [-0.05, 0) is 59.8 Å². The molecule has 2 amide bonds. The van der Waals surface area contributed by atoms with Crippen LogP contribution in [-0.2, 0) is 26.0 Å². The van der Waals surface area contributed by atoms with Gasteiger partial charge < -0.3 is 4.42 Å². The number of anilines is 1. The van der Waals surface area contributed by atoms with Crippen LogP contribution in [0.25, 0.3) is 22.6 Å². The first-order chi connectivity index (χ1) is 18.9. The number of benzene rings is 3. The third-order valence-corrected chi connectivity index (χ3v) is 9.94. The number of rotatable bonds is 8. The summed E-state index contributed by atoms with van der Waals surface area (Å²) in [7, 11) is -4.00. The van der Waals surface area contributed by atoms with Gasteiger partial charge >= 0.3 is 0 Å². The number of amides is 2. The van der Waals surface area contributed by atoms with Gasteiger partial charge in [0.15, 0.2) is 5.58 Å². The van der Waals surface area contributed by atoms with E-state index in [0.717, 1.165) is 27.3 Å². The molecule has 0 aliphatic carbocycles. The average molecular weight is 558 g/mol. The Bertz CT molecular complexity index is 1710. The highest BCUT2D eigenvalue weighted by Gasteiger charge is 2.47. The van der Waals surface area contributed by atoms with Crippen molar-refractivity contribution in [2.45, 2.75) is 23.1 Å². The molecule has 0 N–H and O–H groups in total. The van der Waals surface area contributed by atoms with Crippen LogP contribution in [0.15, 0.2) is 105 Å². The van der Waals surface area contributed by atoms with Crippen LogP contribution in [0.5, 0.6) is 0 Å². The Morgan fingerprint density at radius 2 is 1.67 bits per heavy atom. The number of carbonyl (C=O) groups excluding carboxylic acids is 2. The van der Waals surface area contributed by atoms with Crippen molar-refractivity contribution in [2.24, 2.45) is 0 Å². The van der Waals surface area contributed by atoms with Gasteiger partial charge in [0.05, 0.1) is 12.1 Å². The molecular weight excluding hydrogens is 534 g/mol. The Labute approximate surface area is 229 Å². The van der Waals surface area contributed by atoms with Crippen LogP contribution in [0.3, 0.4) is 0 Å². The van der Waals surface area contributed by atoms with Crippen molar-refractivity contribution >= 4 is 50.0 Å². The zero-order valence-corrected chi connectivity index (χ0v) is 22.3. The minimum absolute atomic E-state index is 0.0679. The minimum atomic E-state index is -4.00. The van der Waals surface area contributed by atoms with E-state index in [2.05, 4.69) is 4.98 Å². The molecule has 0 radical (unpaired) electrons. The topological polar surface area (TPSA) is 101 Å². The Hall–Kier alpha value is -4.12. The number of nitrogens with zero attached hydrogens (tertiary/aromatic N) is 3. The summed E-state index contributed by atoms with van der Waals surface area (Å²) < 4.78 is 34.3. The summed E-state index contributed by atoms with van der Waals surface area (Å²) in [5.41, 5.74) is 3.38. The van der Waals surface area contributed by atoms with Crippen molar-refractivity contribution in [2.75, 3.05) is 11.4 Å². The predicted molar refractivity (Wildman–Crippen MR) is 149 cm³/mol. The Morgan fingerprint density at radius 3 is 2.38 bits per heavy atom. The second-order valence-corrected chi connectivity index (χ2v) is 12.2. The first kappa shape index (κ1) is 25.2. The van der Waals surface area contributed by atoms with Crippen LogP contribution in [-0.4, -0.2) is 42.1 Å². The molecule has 6 rings (SSSR count). The van der Waals surface area contributed by atoms with Crippen LogP contribution in [0, 0.1) is 0 Å². The van der Waals surface area contributed by atoms with Gasteiger partial charge in [-0.15, -0.1) is 11.3 Å². The number of thiophene rings is 1. The number of oxazole rings is 1. The number of fused-ring (bicyclic) bond motifs is 1. The second-order valence-electron chi connectivity index (χ2n) is 9.10. The smallest absolute Gasteiger partial charge is 0.253 e. The van der Waals surface area contributed by atoms with Crippen LogP contribution < -0.4 is 4.90 Å². The van der Waals surface area contributed by atoms with E-state index in [-0.39, 0.29) is 17.2 Å². The van der Waals surface area contributed by atoms with Crippen LogP contribution in [0.4, 0.5) is 5.69 Å². The molecule has 3 heterocycles. The monoisotopic (exact) mass is 557 g/mol. The number of imide groups is 1. The third-order valence-electron chi connectivity index (χ3n) is 6.66. The van der Waals surface area contributed by atoms with Crippen molar-refractivity contribution in [1.82, 2.24) is 9.29 Å². The highest BCUT2D eigenvalue weighted by Crippen LogP contribution is 2.32. The number of hydrogen-bond acceptors (Lipinski definition) is 7. The van der Waals surface area contributed by atoms with Gasteiger partial charge in [0.1, 0.15) is 15.8 Å². The lowest BCUT2D eigenvalue weighted by molar-refractivity contribution is -0.122. The summed E-state index contributed by atoms with van der Waals surface area (Å²) in [6.07, 6.45) is 0.174. The molecule has 1 fully saturated rings. The molecule has 1 unspecified atom stereocenters. The molecule has 10 heteroatoms. The van der Waals surface area contributed by atoms with E-state index in [1.165, 1.54) is 10.4 Å². The molecule has 0 bridgehead atoms. The zero-order valence-electron chi connectivity index (χ0n) is 20.6. The van der Waals surface area contributed by atoms with Gasteiger partial charge in [-0.1, -0.05) is 48.5 Å². The normalized spacial score (nSPS) is 16.0. The number of sulfonamides is 1. The maximum Gasteiger partial charge on any atom is 0.253 e. The summed E-state index contributed by atoms with van der Waals surface area (Å²) in [5.74, 6) is -0.595. The maximum absolute atomic E-state index is 13.6. The largest absolute Gasteiger partial charge is 0.436 e. The molecule has 1 saturated heterocycles. The first-order valence-corrected chi connectivity index (χ1v) is 14.7. The lowest BCUT2D eigenvalue weighted by Crippen LogP contribution is -2.46. The SMILES string of the molecule is O=C1CC(N(CCc2ccccc2)S(=O)(=O)c2cccs2)C(=O)N1c1ccc(-c2nc3ccccc3o2)cc1. The molecule has 1 aliphatic rings. The van der Waals surface area contributed by atoms with Gasteiger partial charge in [0, 0.05) is 12.1 Å². The van der Waals surface area contributed by atoms with Crippen molar-refractivity contribution in [3.63, 3.8) is 0 Å². The quantitative estimate of drug-likeness (QED) is 0.246. The summed E-state index contributed by atoms with van der Waals surface area (Å²) in [6, 6.07) is 25.6.